The smallest absolute Gasteiger partial charge is 0.242 e. The van der Waals surface area contributed by atoms with Crippen LogP contribution in [-0.4, -0.2) is 52.1 Å². The van der Waals surface area contributed by atoms with Crippen molar-refractivity contribution in [3.8, 4) is 11.3 Å². The van der Waals surface area contributed by atoms with Crippen LogP contribution in [0.5, 0.6) is 0 Å². The van der Waals surface area contributed by atoms with Gasteiger partial charge in [0.1, 0.15) is 0 Å². The van der Waals surface area contributed by atoms with Gasteiger partial charge in [0.15, 0.2) is 0 Å². The van der Waals surface area contributed by atoms with Crippen molar-refractivity contribution in [3.05, 3.63) is 36.5 Å². The van der Waals surface area contributed by atoms with Gasteiger partial charge in [-0.1, -0.05) is 41.7 Å². The van der Waals surface area contributed by atoms with Gasteiger partial charge in [0.05, 0.1) is 18.4 Å². The van der Waals surface area contributed by atoms with Crippen LogP contribution in [0.1, 0.15) is 13.8 Å². The first-order valence-corrected chi connectivity index (χ1v) is 8.84. The summed E-state index contributed by atoms with van der Waals surface area (Å²) in [5.74, 6) is 0.111. The summed E-state index contributed by atoms with van der Waals surface area (Å²) in [6.07, 6.45) is 1.92. The highest BCUT2D eigenvalue weighted by molar-refractivity contribution is 7.20. The van der Waals surface area contributed by atoms with E-state index in [4.69, 9.17) is 0 Å². The van der Waals surface area contributed by atoms with E-state index in [1.165, 1.54) is 11.3 Å². The second kappa shape index (κ2) is 7.00. The minimum absolute atomic E-state index is 0.111. The number of benzene rings is 1. The number of anilines is 1. The van der Waals surface area contributed by atoms with Gasteiger partial charge in [-0.3, -0.25) is 4.79 Å². The molecule has 0 aliphatic rings. The van der Waals surface area contributed by atoms with Gasteiger partial charge in [0, 0.05) is 25.7 Å². The molecule has 0 atom stereocenters. The Morgan fingerprint density at radius 1 is 1.21 bits per heavy atom. The zero-order chi connectivity index (χ0) is 17.1. The Morgan fingerprint density at radius 2 is 1.92 bits per heavy atom. The van der Waals surface area contributed by atoms with Crippen LogP contribution in [0.4, 0.5) is 5.13 Å². The van der Waals surface area contributed by atoms with Gasteiger partial charge in [-0.05, 0) is 13.8 Å². The molecule has 126 valence electrons. The van der Waals surface area contributed by atoms with E-state index in [1.54, 1.807) is 4.52 Å². The second-order valence-electron chi connectivity index (χ2n) is 5.53. The van der Waals surface area contributed by atoms with Crippen molar-refractivity contribution in [1.82, 2.24) is 19.5 Å². The quantitative estimate of drug-likeness (QED) is 0.691. The van der Waals surface area contributed by atoms with Crippen molar-refractivity contribution in [2.24, 2.45) is 0 Å². The average molecular weight is 343 g/mol. The predicted octanol–water partition coefficient (Wildman–Crippen LogP) is 2.76. The monoisotopic (exact) mass is 343 g/mol. The van der Waals surface area contributed by atoms with E-state index in [9.17, 15) is 4.79 Å². The highest BCUT2D eigenvalue weighted by atomic mass is 32.1. The third-order valence-corrected chi connectivity index (χ3v) is 4.95. The molecule has 0 aliphatic carbocycles. The molecule has 0 unspecified atom stereocenters. The molecule has 2 aromatic heterocycles. The molecular weight excluding hydrogens is 322 g/mol. The lowest BCUT2D eigenvalue weighted by Gasteiger charge is -2.22. The molecule has 0 N–H and O–H groups in total. The first-order valence-electron chi connectivity index (χ1n) is 8.03. The third-order valence-electron chi connectivity index (χ3n) is 3.92. The number of aromatic nitrogens is 3. The minimum atomic E-state index is 0.111. The van der Waals surface area contributed by atoms with Gasteiger partial charge in [-0.15, -0.1) is 5.10 Å². The molecule has 24 heavy (non-hydrogen) atoms. The Balaban J connectivity index is 1.77. The maximum atomic E-state index is 12.2. The second-order valence-corrected chi connectivity index (χ2v) is 6.46. The topological polar surface area (TPSA) is 53.7 Å². The molecule has 0 saturated heterocycles. The number of likely N-dealkylation sites (N-methyl/N-ethyl adjacent to an activating group) is 2. The first kappa shape index (κ1) is 16.4. The standard InChI is InChI=1S/C17H21N5OS/c1-4-21(5-2)15(23)12-20(3)17-19-22-11-14(18-16(22)24-17)13-9-7-6-8-10-13/h6-11H,4-5,12H2,1-3H3. The van der Waals surface area contributed by atoms with E-state index in [0.29, 0.717) is 6.54 Å². The van der Waals surface area contributed by atoms with E-state index in [0.717, 1.165) is 34.4 Å². The Hall–Kier alpha value is -2.41. The lowest BCUT2D eigenvalue weighted by Crippen LogP contribution is -2.38. The molecule has 0 fully saturated rings. The van der Waals surface area contributed by atoms with Crippen LogP contribution in [0.15, 0.2) is 36.5 Å². The molecule has 7 heteroatoms. The number of fused-ring (bicyclic) bond motifs is 1. The number of imidazole rings is 1. The van der Waals surface area contributed by atoms with Gasteiger partial charge in [-0.25, -0.2) is 9.50 Å². The van der Waals surface area contributed by atoms with E-state index < -0.39 is 0 Å². The highest BCUT2D eigenvalue weighted by Gasteiger charge is 2.17. The molecule has 0 radical (unpaired) electrons. The number of carbonyl (C=O) groups is 1. The molecule has 2 heterocycles. The summed E-state index contributed by atoms with van der Waals surface area (Å²) in [6.45, 7) is 5.76. The lowest BCUT2D eigenvalue weighted by molar-refractivity contribution is -0.129. The molecule has 3 rings (SSSR count). The van der Waals surface area contributed by atoms with Crippen molar-refractivity contribution in [3.63, 3.8) is 0 Å². The molecule has 0 spiro atoms. The highest BCUT2D eigenvalue weighted by Crippen LogP contribution is 2.25. The van der Waals surface area contributed by atoms with Crippen LogP contribution in [0.2, 0.25) is 0 Å². The normalized spacial score (nSPS) is 11.0. The van der Waals surface area contributed by atoms with Crippen molar-refractivity contribution in [2.45, 2.75) is 13.8 Å². The molecule has 0 aliphatic heterocycles. The fourth-order valence-corrected chi connectivity index (χ4v) is 3.38. The van der Waals surface area contributed by atoms with Crippen molar-refractivity contribution >= 4 is 27.3 Å². The SMILES string of the molecule is CCN(CC)C(=O)CN(C)c1nn2cc(-c3ccccc3)nc2s1. The van der Waals surface area contributed by atoms with E-state index >= 15 is 0 Å². The molecule has 1 aromatic carbocycles. The number of nitrogens with zero attached hydrogens (tertiary/aromatic N) is 5. The Morgan fingerprint density at radius 3 is 2.54 bits per heavy atom. The maximum Gasteiger partial charge on any atom is 0.242 e. The third kappa shape index (κ3) is 3.26. The van der Waals surface area contributed by atoms with Crippen molar-refractivity contribution in [1.29, 1.82) is 0 Å². The number of hydrogen-bond donors (Lipinski definition) is 0. The van der Waals surface area contributed by atoms with Gasteiger partial charge < -0.3 is 9.80 Å². The number of carbonyl (C=O) groups excluding carboxylic acids is 1. The fourth-order valence-electron chi connectivity index (χ4n) is 2.54. The van der Waals surface area contributed by atoms with Crippen LogP contribution in [0.3, 0.4) is 0 Å². The number of rotatable bonds is 6. The Kier molecular flexibility index (Phi) is 4.80. The molecule has 1 amide bonds. The van der Waals surface area contributed by atoms with Crippen molar-refractivity contribution < 1.29 is 4.79 Å². The maximum absolute atomic E-state index is 12.2. The average Bonchev–Trinajstić information content (AvgIpc) is 3.15. The predicted molar refractivity (Wildman–Crippen MR) is 97.5 cm³/mol. The van der Waals surface area contributed by atoms with Crippen molar-refractivity contribution in [2.75, 3.05) is 31.6 Å². The molecule has 3 aromatic rings. The summed E-state index contributed by atoms with van der Waals surface area (Å²) in [6, 6.07) is 10.0. The minimum Gasteiger partial charge on any atom is -0.342 e. The van der Waals surface area contributed by atoms with Gasteiger partial charge in [0.2, 0.25) is 16.0 Å². The summed E-state index contributed by atoms with van der Waals surface area (Å²) in [4.78, 5) is 21.4. The number of hydrogen-bond acceptors (Lipinski definition) is 5. The van der Waals surface area contributed by atoms with Crippen LogP contribution >= 0.6 is 11.3 Å². The van der Waals surface area contributed by atoms with E-state index in [1.807, 2.05) is 67.2 Å². The van der Waals surface area contributed by atoms with E-state index in [2.05, 4.69) is 10.1 Å². The zero-order valence-electron chi connectivity index (χ0n) is 14.1. The zero-order valence-corrected chi connectivity index (χ0v) is 15.0. The largest absolute Gasteiger partial charge is 0.342 e. The molecule has 0 saturated carbocycles. The van der Waals surface area contributed by atoms with Crippen LogP contribution in [0.25, 0.3) is 16.2 Å². The van der Waals surface area contributed by atoms with Gasteiger partial charge in [-0.2, -0.15) is 0 Å². The Bertz CT molecular complexity index is 790. The Labute approximate surface area is 145 Å². The number of amides is 1. The summed E-state index contributed by atoms with van der Waals surface area (Å²) in [5.41, 5.74) is 1.98. The first-order chi connectivity index (χ1) is 11.6. The molecular formula is C17H21N5OS. The van der Waals surface area contributed by atoms with Crippen LogP contribution < -0.4 is 4.90 Å². The molecule has 0 bridgehead atoms. The fraction of sp³-hybridized carbons (Fsp3) is 0.353. The molecule has 6 nitrogen and oxygen atoms in total. The van der Waals surface area contributed by atoms with E-state index in [-0.39, 0.29) is 5.91 Å². The lowest BCUT2D eigenvalue weighted by atomic mass is 10.2. The summed E-state index contributed by atoms with van der Waals surface area (Å²) in [5, 5.41) is 5.34. The summed E-state index contributed by atoms with van der Waals surface area (Å²) in [7, 11) is 1.89. The van der Waals surface area contributed by atoms with Gasteiger partial charge >= 0.3 is 0 Å². The van der Waals surface area contributed by atoms with Crippen LogP contribution in [-0.2, 0) is 4.79 Å². The summed E-state index contributed by atoms with van der Waals surface area (Å²) >= 11 is 1.49. The van der Waals surface area contributed by atoms with Gasteiger partial charge in [0.25, 0.3) is 0 Å². The summed E-state index contributed by atoms with van der Waals surface area (Å²) < 4.78 is 1.78. The van der Waals surface area contributed by atoms with Crippen LogP contribution in [0, 0.1) is 0 Å².